The van der Waals surface area contributed by atoms with Crippen LogP contribution in [0, 0.1) is 17.6 Å². The van der Waals surface area contributed by atoms with Gasteiger partial charge in [-0.15, -0.1) is 0 Å². The van der Waals surface area contributed by atoms with Crippen LogP contribution in [-0.4, -0.2) is 66.2 Å². The Morgan fingerprint density at radius 1 is 1.19 bits per heavy atom. The van der Waals surface area contributed by atoms with Gasteiger partial charge in [-0.25, -0.2) is 8.78 Å². The van der Waals surface area contributed by atoms with Crippen LogP contribution in [-0.2, 0) is 9.59 Å². The van der Waals surface area contributed by atoms with Crippen LogP contribution in [0.3, 0.4) is 0 Å². The van der Waals surface area contributed by atoms with Gasteiger partial charge in [0.1, 0.15) is 11.6 Å². The normalized spacial score (nSPS) is 26.2. The summed E-state index contributed by atoms with van der Waals surface area (Å²) in [5.41, 5.74) is 2.27. The third kappa shape index (κ3) is 5.68. The number of β-amino-alcohol motifs (C(OH)–C–C–N with tert-alkyl or cyclic N) is 1. The molecule has 0 spiro atoms. The second-order valence-electron chi connectivity index (χ2n) is 10.6. The Morgan fingerprint density at radius 3 is 2.65 bits per heavy atom. The van der Waals surface area contributed by atoms with Crippen molar-refractivity contribution in [2.75, 3.05) is 31.5 Å². The van der Waals surface area contributed by atoms with E-state index in [-0.39, 0.29) is 36.4 Å². The molecule has 2 aromatic rings. The van der Waals surface area contributed by atoms with Crippen molar-refractivity contribution in [2.45, 2.75) is 56.7 Å². The van der Waals surface area contributed by atoms with Crippen LogP contribution >= 0.6 is 0 Å². The molecule has 7 nitrogen and oxygen atoms in total. The molecule has 2 saturated heterocycles. The average molecular weight is 513 g/mol. The molecule has 2 amide bonds. The molecule has 0 aromatic heterocycles. The van der Waals surface area contributed by atoms with E-state index in [1.165, 1.54) is 12.1 Å². The number of amides is 2. The number of halogens is 2. The number of benzene rings is 2. The lowest BCUT2D eigenvalue weighted by Crippen LogP contribution is -2.44. The number of fused-ring (bicyclic) bond motifs is 1. The molecule has 5 atom stereocenters. The molecule has 3 aliphatic heterocycles. The van der Waals surface area contributed by atoms with Crippen molar-refractivity contribution < 1.29 is 23.5 Å². The molecule has 3 aliphatic rings. The maximum atomic E-state index is 14.0. The smallest absolute Gasteiger partial charge is 0.232 e. The Balaban J connectivity index is 1.31. The van der Waals surface area contributed by atoms with Gasteiger partial charge in [0.2, 0.25) is 11.8 Å². The van der Waals surface area contributed by atoms with E-state index in [0.717, 1.165) is 32.0 Å². The van der Waals surface area contributed by atoms with E-state index in [0.29, 0.717) is 41.8 Å². The number of likely N-dealkylation sites (tertiary alicyclic amines) is 1. The van der Waals surface area contributed by atoms with Gasteiger partial charge in [0.15, 0.2) is 0 Å². The van der Waals surface area contributed by atoms with Gasteiger partial charge in [-0.1, -0.05) is 12.1 Å². The van der Waals surface area contributed by atoms with Gasteiger partial charge in [0.05, 0.1) is 17.9 Å². The first-order chi connectivity index (χ1) is 17.8. The lowest BCUT2D eigenvalue weighted by Gasteiger charge is -2.24. The minimum atomic E-state index is -0.684. The fourth-order valence-electron chi connectivity index (χ4n) is 6.13. The van der Waals surface area contributed by atoms with Crippen LogP contribution in [0.4, 0.5) is 14.5 Å². The summed E-state index contributed by atoms with van der Waals surface area (Å²) in [6.07, 6.45) is 2.64. The van der Waals surface area contributed by atoms with Crippen LogP contribution in [0.25, 0.3) is 11.1 Å². The summed E-state index contributed by atoms with van der Waals surface area (Å²) < 4.78 is 28.0. The van der Waals surface area contributed by atoms with Gasteiger partial charge in [-0.2, -0.15) is 0 Å². The average Bonchev–Trinajstić information content (AvgIpc) is 3.56. The maximum absolute atomic E-state index is 14.0. The molecule has 5 rings (SSSR count). The Morgan fingerprint density at radius 2 is 1.92 bits per heavy atom. The maximum Gasteiger partial charge on any atom is 0.232 e. The number of aliphatic hydroxyl groups excluding tert-OH is 1. The largest absolute Gasteiger partial charge is 0.390 e. The molecular weight excluding hydrogens is 478 g/mol. The fourth-order valence-corrected chi connectivity index (χ4v) is 6.13. The lowest BCUT2D eigenvalue weighted by atomic mass is 9.84. The molecule has 37 heavy (non-hydrogen) atoms. The molecule has 0 radical (unpaired) electrons. The highest BCUT2D eigenvalue weighted by Gasteiger charge is 2.42. The SMILES string of the molecule is CC1CC(C(=O)NCC(O)CN2CCCC2)C(CC2C(=O)Nc3cccc(-c4cc(F)cc(F)c4)c32)N1. The first-order valence-electron chi connectivity index (χ1n) is 13.1. The molecular formula is C28H34F2N4O3. The first kappa shape index (κ1) is 25.8. The summed E-state index contributed by atoms with van der Waals surface area (Å²) in [6.45, 7) is 4.70. The predicted octanol–water partition coefficient (Wildman–Crippen LogP) is 3.00. The van der Waals surface area contributed by atoms with E-state index >= 15 is 0 Å². The molecule has 0 aliphatic carbocycles. The highest BCUT2D eigenvalue weighted by molar-refractivity contribution is 6.05. The van der Waals surface area contributed by atoms with E-state index in [2.05, 4.69) is 20.9 Å². The van der Waals surface area contributed by atoms with Crippen molar-refractivity contribution in [1.82, 2.24) is 15.5 Å². The highest BCUT2D eigenvalue weighted by Crippen LogP contribution is 2.43. The van der Waals surface area contributed by atoms with E-state index in [9.17, 15) is 23.5 Å². The second-order valence-corrected chi connectivity index (χ2v) is 10.6. The second kappa shape index (κ2) is 10.8. The number of nitrogens with zero attached hydrogens (tertiary/aromatic N) is 1. The molecule has 0 saturated carbocycles. The quantitative estimate of drug-likeness (QED) is 0.437. The summed E-state index contributed by atoms with van der Waals surface area (Å²) in [5.74, 6) is -2.63. The number of hydrogen-bond donors (Lipinski definition) is 4. The van der Waals surface area contributed by atoms with Gasteiger partial charge >= 0.3 is 0 Å². The van der Waals surface area contributed by atoms with E-state index in [1.807, 2.05) is 6.92 Å². The molecule has 3 heterocycles. The zero-order valence-electron chi connectivity index (χ0n) is 21.0. The molecule has 4 N–H and O–H groups in total. The molecule has 5 unspecified atom stereocenters. The number of carbonyl (C=O) groups excluding carboxylic acids is 2. The predicted molar refractivity (Wildman–Crippen MR) is 137 cm³/mol. The third-order valence-corrected chi connectivity index (χ3v) is 7.80. The van der Waals surface area contributed by atoms with Crippen LogP contribution in [0.15, 0.2) is 36.4 Å². The number of rotatable bonds is 8. The minimum absolute atomic E-state index is 0.0896. The topological polar surface area (TPSA) is 93.7 Å². The summed E-state index contributed by atoms with van der Waals surface area (Å²) in [6, 6.07) is 8.47. The van der Waals surface area contributed by atoms with E-state index < -0.39 is 23.7 Å². The number of carbonyl (C=O) groups is 2. The van der Waals surface area contributed by atoms with Crippen LogP contribution < -0.4 is 16.0 Å². The Hall–Kier alpha value is -2.88. The van der Waals surface area contributed by atoms with Crippen molar-refractivity contribution in [2.24, 2.45) is 5.92 Å². The molecule has 2 fully saturated rings. The van der Waals surface area contributed by atoms with Crippen molar-refractivity contribution >= 4 is 17.5 Å². The lowest BCUT2D eigenvalue weighted by molar-refractivity contribution is -0.126. The third-order valence-electron chi connectivity index (χ3n) is 7.80. The van der Waals surface area contributed by atoms with Gasteiger partial charge in [-0.3, -0.25) is 9.59 Å². The zero-order chi connectivity index (χ0) is 26.1. The highest BCUT2D eigenvalue weighted by atomic mass is 19.1. The van der Waals surface area contributed by atoms with Gasteiger partial charge in [0.25, 0.3) is 0 Å². The zero-order valence-corrected chi connectivity index (χ0v) is 21.0. The van der Waals surface area contributed by atoms with E-state index in [1.54, 1.807) is 18.2 Å². The van der Waals surface area contributed by atoms with Crippen LogP contribution in [0.5, 0.6) is 0 Å². The molecule has 9 heteroatoms. The number of hydrogen-bond acceptors (Lipinski definition) is 5. The van der Waals surface area contributed by atoms with Crippen molar-refractivity contribution in [1.29, 1.82) is 0 Å². The summed E-state index contributed by atoms with van der Waals surface area (Å²) >= 11 is 0. The molecule has 198 valence electrons. The van der Waals surface area contributed by atoms with E-state index in [4.69, 9.17) is 0 Å². The van der Waals surface area contributed by atoms with Gasteiger partial charge < -0.3 is 26.0 Å². The number of nitrogens with one attached hydrogen (secondary N) is 3. The van der Waals surface area contributed by atoms with Crippen LogP contribution in [0.2, 0.25) is 0 Å². The molecule has 2 aromatic carbocycles. The monoisotopic (exact) mass is 512 g/mol. The van der Waals surface area contributed by atoms with Crippen molar-refractivity contribution in [3.05, 3.63) is 53.6 Å². The Bertz CT molecular complexity index is 1150. The number of aliphatic hydroxyl groups is 1. The van der Waals surface area contributed by atoms with Gasteiger partial charge in [-0.05, 0) is 80.6 Å². The number of anilines is 1. The van der Waals surface area contributed by atoms with Gasteiger partial charge in [0, 0.05) is 36.9 Å². The summed E-state index contributed by atoms with van der Waals surface area (Å²) in [4.78, 5) is 28.4. The summed E-state index contributed by atoms with van der Waals surface area (Å²) in [7, 11) is 0. The fraction of sp³-hybridized carbons (Fsp3) is 0.500. The van der Waals surface area contributed by atoms with Crippen LogP contribution in [0.1, 0.15) is 44.1 Å². The minimum Gasteiger partial charge on any atom is -0.390 e. The van der Waals surface area contributed by atoms with Crippen molar-refractivity contribution in [3.8, 4) is 11.1 Å². The summed E-state index contributed by atoms with van der Waals surface area (Å²) in [5, 5.41) is 19.7. The molecule has 0 bridgehead atoms. The Kier molecular flexibility index (Phi) is 7.55. The Labute approximate surface area is 215 Å². The standard InChI is InChI=1S/C28H34F2N4O3/c1-16-9-22(27(36)31-14-20(35)15-34-7-2-3-8-34)25(32-16)13-23-26-21(5-4-6-24(26)33-28(23)37)17-10-18(29)12-19(30)11-17/h4-6,10-12,16,20,22-23,25,32,35H,2-3,7-9,13-15H2,1H3,(H,31,36)(H,33,37). The first-order valence-corrected chi connectivity index (χ1v) is 13.1. The van der Waals surface area contributed by atoms with Crippen molar-refractivity contribution in [3.63, 3.8) is 0 Å².